The molecule has 10 heteroatoms. The molecule has 0 aliphatic carbocycles. The Morgan fingerprint density at radius 1 is 1.33 bits per heavy atom. The van der Waals surface area contributed by atoms with E-state index in [0.29, 0.717) is 30.7 Å². The van der Waals surface area contributed by atoms with Crippen LogP contribution in [0.5, 0.6) is 5.75 Å². The number of furan rings is 1. The lowest BCUT2D eigenvalue weighted by atomic mass is 9.94. The van der Waals surface area contributed by atoms with Gasteiger partial charge in [0.25, 0.3) is 0 Å². The number of benzene rings is 1. The number of nitrogens with two attached hydrogens (primary N) is 1. The Morgan fingerprint density at radius 3 is 2.83 bits per heavy atom. The Bertz CT molecular complexity index is 1340. The lowest BCUT2D eigenvalue weighted by molar-refractivity contribution is -0.135. The van der Waals surface area contributed by atoms with Gasteiger partial charge in [-0.25, -0.2) is 9.37 Å². The maximum atomic E-state index is 14.0. The van der Waals surface area contributed by atoms with E-state index in [4.69, 9.17) is 38.1 Å². The zero-order valence-corrected chi connectivity index (χ0v) is 21.3. The van der Waals surface area contributed by atoms with Gasteiger partial charge in [-0.15, -0.1) is 0 Å². The zero-order chi connectivity index (χ0) is 25.4. The molecule has 2 aromatic heterocycles. The fourth-order valence-electron chi connectivity index (χ4n) is 4.93. The summed E-state index contributed by atoms with van der Waals surface area (Å²) in [6.07, 6.45) is 7.14. The number of amides is 1. The largest absolute Gasteiger partial charge is 0.478 e. The monoisotopic (exact) mass is 532 g/mol. The first kappa shape index (κ1) is 24.9. The first-order chi connectivity index (χ1) is 17.3. The number of ether oxygens (including phenoxy) is 1. The highest BCUT2D eigenvalue weighted by Crippen LogP contribution is 2.41. The van der Waals surface area contributed by atoms with Crippen LogP contribution in [0.4, 0.5) is 10.2 Å². The second-order valence-electron chi connectivity index (χ2n) is 9.17. The van der Waals surface area contributed by atoms with E-state index in [1.54, 1.807) is 19.4 Å². The molecule has 0 spiro atoms. The van der Waals surface area contributed by atoms with Crippen molar-refractivity contribution in [3.05, 3.63) is 57.7 Å². The normalized spacial score (nSPS) is 17.8. The van der Waals surface area contributed by atoms with E-state index >= 15 is 0 Å². The molecule has 1 fully saturated rings. The van der Waals surface area contributed by atoms with E-state index in [2.05, 4.69) is 16.4 Å². The standard InChI is InChI=1S/C26H27Cl2FN4O3/c1-14(21-19(27)2-3-20(29)22(21)28)36-24-23-17(12-32-25(24)30)18(13-35-23)15-6-10-33(11-7-15)26(34)16-4-8-31-9-5-16/h2-3,6,12-14,16,31H,4-5,7-11H2,1H3,(H2,30,32)/t14-/m1/s1. The van der Waals surface area contributed by atoms with Gasteiger partial charge in [0.2, 0.25) is 11.7 Å². The molecule has 3 N–H and O–H groups in total. The van der Waals surface area contributed by atoms with Crippen molar-refractivity contribution in [2.75, 3.05) is 31.9 Å². The maximum Gasteiger partial charge on any atom is 0.226 e. The molecule has 2 aliphatic heterocycles. The number of fused-ring (bicyclic) bond motifs is 1. The number of aromatic nitrogens is 1. The summed E-state index contributed by atoms with van der Waals surface area (Å²) >= 11 is 12.4. The average molecular weight is 533 g/mol. The summed E-state index contributed by atoms with van der Waals surface area (Å²) in [5, 5.41) is 4.22. The number of nitrogen functional groups attached to an aromatic ring is 1. The van der Waals surface area contributed by atoms with Crippen molar-refractivity contribution in [3.63, 3.8) is 0 Å². The molecule has 1 aromatic carbocycles. The third kappa shape index (κ3) is 4.65. The Hall–Kier alpha value is -2.81. The number of anilines is 1. The number of carbonyl (C=O) groups is 1. The molecular weight excluding hydrogens is 506 g/mol. The van der Waals surface area contributed by atoms with Crippen LogP contribution in [0.2, 0.25) is 10.0 Å². The Morgan fingerprint density at radius 2 is 2.11 bits per heavy atom. The predicted molar refractivity (Wildman–Crippen MR) is 139 cm³/mol. The molecule has 2 aliphatic rings. The number of hydrogen-bond acceptors (Lipinski definition) is 6. The molecule has 5 rings (SSSR count). The quantitative estimate of drug-likeness (QED) is 0.414. The molecule has 7 nitrogen and oxygen atoms in total. The van der Waals surface area contributed by atoms with Crippen molar-refractivity contribution in [3.8, 4) is 5.75 Å². The van der Waals surface area contributed by atoms with Crippen LogP contribution in [-0.4, -0.2) is 42.0 Å². The highest BCUT2D eigenvalue weighted by atomic mass is 35.5. The molecule has 1 atom stereocenters. The van der Waals surface area contributed by atoms with E-state index in [9.17, 15) is 9.18 Å². The number of nitrogens with zero attached hydrogens (tertiary/aromatic N) is 2. The molecule has 36 heavy (non-hydrogen) atoms. The van der Waals surface area contributed by atoms with Crippen molar-refractivity contribution >= 4 is 51.5 Å². The van der Waals surface area contributed by atoms with Crippen molar-refractivity contribution in [2.45, 2.75) is 32.3 Å². The number of rotatable bonds is 5. The average Bonchev–Trinajstić information content (AvgIpc) is 3.33. The van der Waals surface area contributed by atoms with Crippen LogP contribution in [0.25, 0.3) is 16.5 Å². The minimum Gasteiger partial charge on any atom is -0.478 e. The van der Waals surface area contributed by atoms with E-state index in [-0.39, 0.29) is 33.4 Å². The predicted octanol–water partition coefficient (Wildman–Crippen LogP) is 5.61. The SMILES string of the molecule is C[C@@H](Oc1c(N)ncc2c(C3=CCN(C(=O)C4CCNCC4)CC3)coc12)c1c(Cl)ccc(F)c1Cl. The number of hydrogen-bond donors (Lipinski definition) is 2. The summed E-state index contributed by atoms with van der Waals surface area (Å²) in [5.41, 5.74) is 8.83. The van der Waals surface area contributed by atoms with Gasteiger partial charge >= 0.3 is 0 Å². The second kappa shape index (κ2) is 10.3. The summed E-state index contributed by atoms with van der Waals surface area (Å²) in [6, 6.07) is 2.63. The number of carbonyl (C=O) groups excluding carboxylic acids is 1. The molecule has 3 aromatic rings. The number of nitrogens with one attached hydrogen (secondary N) is 1. The first-order valence-electron chi connectivity index (χ1n) is 12.0. The van der Waals surface area contributed by atoms with Crippen LogP contribution >= 0.6 is 23.2 Å². The molecule has 0 unspecified atom stereocenters. The third-order valence-electron chi connectivity index (χ3n) is 6.94. The topological polar surface area (TPSA) is 93.6 Å². The van der Waals surface area contributed by atoms with Gasteiger partial charge in [0.1, 0.15) is 11.9 Å². The Balaban J connectivity index is 1.39. The summed E-state index contributed by atoms with van der Waals surface area (Å²) in [4.78, 5) is 19.1. The minimum absolute atomic E-state index is 0.102. The van der Waals surface area contributed by atoms with Gasteiger partial charge in [-0.1, -0.05) is 29.3 Å². The van der Waals surface area contributed by atoms with E-state index in [1.165, 1.54) is 12.1 Å². The summed E-state index contributed by atoms with van der Waals surface area (Å²) in [7, 11) is 0. The van der Waals surface area contributed by atoms with Crippen molar-refractivity contribution in [1.82, 2.24) is 15.2 Å². The third-order valence-corrected chi connectivity index (χ3v) is 7.65. The van der Waals surface area contributed by atoms with Crippen LogP contribution in [0.1, 0.15) is 43.4 Å². The van der Waals surface area contributed by atoms with E-state index < -0.39 is 11.9 Å². The van der Waals surface area contributed by atoms with E-state index in [0.717, 1.165) is 42.5 Å². The van der Waals surface area contributed by atoms with Crippen LogP contribution in [0.3, 0.4) is 0 Å². The highest BCUT2D eigenvalue weighted by molar-refractivity contribution is 6.36. The summed E-state index contributed by atoms with van der Waals surface area (Å²) < 4.78 is 26.0. The van der Waals surface area contributed by atoms with Gasteiger partial charge in [0.15, 0.2) is 11.4 Å². The van der Waals surface area contributed by atoms with Crippen molar-refractivity contribution < 1.29 is 18.3 Å². The molecule has 190 valence electrons. The molecule has 4 heterocycles. The van der Waals surface area contributed by atoms with Crippen molar-refractivity contribution in [1.29, 1.82) is 0 Å². The van der Waals surface area contributed by atoms with Gasteiger partial charge in [0.05, 0.1) is 16.7 Å². The smallest absolute Gasteiger partial charge is 0.226 e. The molecule has 1 amide bonds. The Kier molecular flexibility index (Phi) is 7.10. The molecule has 1 saturated heterocycles. The van der Waals surface area contributed by atoms with E-state index in [1.807, 2.05) is 4.90 Å². The molecule has 0 saturated carbocycles. The van der Waals surface area contributed by atoms with Gasteiger partial charge in [-0.05, 0) is 57.0 Å². The fourth-order valence-corrected chi connectivity index (χ4v) is 5.61. The number of piperidine rings is 1. The number of halogens is 3. The summed E-state index contributed by atoms with van der Waals surface area (Å²) in [6.45, 7) is 4.70. The van der Waals surface area contributed by atoms with Crippen LogP contribution in [-0.2, 0) is 4.79 Å². The lowest BCUT2D eigenvalue weighted by Crippen LogP contribution is -2.42. The molecular formula is C26H27Cl2FN4O3. The van der Waals surface area contributed by atoms with Gasteiger partial charge in [-0.3, -0.25) is 4.79 Å². The minimum atomic E-state index is -0.715. The van der Waals surface area contributed by atoms with Crippen molar-refractivity contribution in [2.24, 2.45) is 5.92 Å². The molecule has 0 bridgehead atoms. The fraction of sp³-hybridized carbons (Fsp3) is 0.385. The first-order valence-corrected chi connectivity index (χ1v) is 12.8. The van der Waals surface area contributed by atoms with Gasteiger partial charge in [-0.2, -0.15) is 0 Å². The Labute approximate surface area is 218 Å². The lowest BCUT2D eigenvalue weighted by Gasteiger charge is -2.31. The van der Waals surface area contributed by atoms with Gasteiger partial charge in [0, 0.05) is 41.4 Å². The molecule has 0 radical (unpaired) electrons. The zero-order valence-electron chi connectivity index (χ0n) is 19.8. The highest BCUT2D eigenvalue weighted by Gasteiger charge is 2.28. The van der Waals surface area contributed by atoms with Gasteiger partial charge < -0.3 is 25.1 Å². The maximum absolute atomic E-state index is 14.0. The summed E-state index contributed by atoms with van der Waals surface area (Å²) in [5.74, 6) is 0.118. The number of pyridine rings is 1. The van der Waals surface area contributed by atoms with Crippen LogP contribution in [0.15, 0.2) is 35.1 Å². The van der Waals surface area contributed by atoms with Crippen LogP contribution < -0.4 is 15.8 Å². The van der Waals surface area contributed by atoms with Crippen LogP contribution in [0, 0.1) is 11.7 Å². The second-order valence-corrected chi connectivity index (χ2v) is 9.95.